The van der Waals surface area contributed by atoms with Crippen molar-refractivity contribution in [1.29, 1.82) is 0 Å². The highest BCUT2D eigenvalue weighted by Crippen LogP contribution is 2.42. The molecule has 1 unspecified atom stereocenters. The maximum atomic E-state index is 12.5. The molecule has 0 aliphatic rings. The van der Waals surface area contributed by atoms with Gasteiger partial charge in [0, 0.05) is 39.2 Å². The number of aromatic nitrogens is 3. The van der Waals surface area contributed by atoms with Crippen molar-refractivity contribution in [3.63, 3.8) is 0 Å². The number of imidazole rings is 1. The summed E-state index contributed by atoms with van der Waals surface area (Å²) >= 11 is 13.1. The average Bonchev–Trinajstić information content (AvgIpc) is 3.39. The molecule has 0 aliphatic carbocycles. The summed E-state index contributed by atoms with van der Waals surface area (Å²) in [4.78, 5) is 8.85. The summed E-state index contributed by atoms with van der Waals surface area (Å²) in [6, 6.07) is 22.3. The summed E-state index contributed by atoms with van der Waals surface area (Å²) < 4.78 is 7.39. The third-order valence-electron chi connectivity index (χ3n) is 6.67. The van der Waals surface area contributed by atoms with Crippen LogP contribution in [-0.2, 0) is 12.1 Å². The van der Waals surface area contributed by atoms with Gasteiger partial charge in [-0.1, -0.05) is 66.9 Å². The molecule has 0 amide bonds. The minimum absolute atomic E-state index is 0.450. The number of ether oxygens (including phenoxy) is 1. The van der Waals surface area contributed by atoms with Crippen LogP contribution >= 0.6 is 23.2 Å². The first-order chi connectivity index (χ1) is 17.9. The summed E-state index contributed by atoms with van der Waals surface area (Å²) in [5.74, 6) is 0.532. The lowest BCUT2D eigenvalue weighted by Crippen LogP contribution is -2.29. The van der Waals surface area contributed by atoms with Crippen molar-refractivity contribution >= 4 is 34.1 Å². The molecule has 0 saturated carbocycles. The Morgan fingerprint density at radius 3 is 2.46 bits per heavy atom. The van der Waals surface area contributed by atoms with Crippen molar-refractivity contribution in [2.24, 2.45) is 0 Å². The Kier molecular flexibility index (Phi) is 7.20. The van der Waals surface area contributed by atoms with E-state index in [1.165, 1.54) is 0 Å². The van der Waals surface area contributed by atoms with Crippen LogP contribution in [0.1, 0.15) is 36.5 Å². The van der Waals surface area contributed by atoms with Crippen LogP contribution in [0.25, 0.3) is 22.2 Å². The zero-order valence-electron chi connectivity index (χ0n) is 20.7. The van der Waals surface area contributed by atoms with Gasteiger partial charge in [-0.15, -0.1) is 0 Å². The molecule has 2 aromatic heterocycles. The van der Waals surface area contributed by atoms with E-state index < -0.39 is 5.60 Å². The smallest absolute Gasteiger partial charge is 0.213 e. The van der Waals surface area contributed by atoms with Gasteiger partial charge < -0.3 is 14.4 Å². The van der Waals surface area contributed by atoms with E-state index in [0.717, 1.165) is 41.5 Å². The maximum Gasteiger partial charge on any atom is 0.213 e. The molecular weight excluding hydrogens is 505 g/mol. The molecule has 7 heteroatoms. The van der Waals surface area contributed by atoms with E-state index in [-0.39, 0.29) is 0 Å². The molecule has 0 radical (unpaired) electrons. The quantitative estimate of drug-likeness (QED) is 0.210. The number of aliphatic hydroxyl groups is 1. The van der Waals surface area contributed by atoms with Crippen LogP contribution in [0.3, 0.4) is 0 Å². The molecule has 5 rings (SSSR count). The lowest BCUT2D eigenvalue weighted by atomic mass is 9.79. The number of benzene rings is 3. The molecule has 2 heterocycles. The fourth-order valence-electron chi connectivity index (χ4n) is 4.65. The molecule has 3 aromatic carbocycles. The van der Waals surface area contributed by atoms with Crippen LogP contribution in [-0.4, -0.2) is 26.8 Å². The monoisotopic (exact) mass is 531 g/mol. The van der Waals surface area contributed by atoms with Crippen molar-refractivity contribution in [2.45, 2.75) is 31.9 Å². The number of hydrogen-bond acceptors (Lipinski definition) is 4. The van der Waals surface area contributed by atoms with Gasteiger partial charge in [0.15, 0.2) is 0 Å². The van der Waals surface area contributed by atoms with Gasteiger partial charge in [-0.05, 0) is 53.9 Å². The number of pyridine rings is 1. The Bertz CT molecular complexity index is 1550. The number of nitrogens with zero attached hydrogens (tertiary/aromatic N) is 3. The molecule has 37 heavy (non-hydrogen) atoms. The van der Waals surface area contributed by atoms with E-state index in [9.17, 15) is 5.11 Å². The zero-order chi connectivity index (χ0) is 26.0. The number of hydrogen-bond donors (Lipinski definition) is 1. The fraction of sp³-hybridized carbons (Fsp3) is 0.200. The molecule has 1 N–H and O–H groups in total. The first-order valence-electron chi connectivity index (χ1n) is 12.2. The van der Waals surface area contributed by atoms with E-state index in [4.69, 9.17) is 27.9 Å². The van der Waals surface area contributed by atoms with E-state index >= 15 is 0 Å². The van der Waals surface area contributed by atoms with Crippen LogP contribution in [0.5, 0.6) is 5.88 Å². The third-order valence-corrected chi connectivity index (χ3v) is 7.24. The van der Waals surface area contributed by atoms with Crippen LogP contribution in [0.2, 0.25) is 10.0 Å². The number of aryl methyl sites for hydroxylation is 1. The predicted octanol–water partition coefficient (Wildman–Crippen LogP) is 7.50. The number of fused-ring (bicyclic) bond motifs is 1. The van der Waals surface area contributed by atoms with Gasteiger partial charge >= 0.3 is 0 Å². The van der Waals surface area contributed by atoms with Gasteiger partial charge in [-0.25, -0.2) is 9.97 Å². The molecule has 5 aromatic rings. The molecule has 0 aliphatic heterocycles. The van der Waals surface area contributed by atoms with Gasteiger partial charge in [0.25, 0.3) is 0 Å². The Hall–Kier alpha value is -3.38. The summed E-state index contributed by atoms with van der Waals surface area (Å²) in [6.45, 7) is 3.05. The van der Waals surface area contributed by atoms with Crippen molar-refractivity contribution in [1.82, 2.24) is 14.5 Å². The maximum absolute atomic E-state index is 12.5. The standard InChI is InChI=1S/C30H27Cl2N3O2/c1-3-4-15-35-19-33-18-28(35)21-5-12-25(26(32)17-21)30(36,22-7-10-24(31)11-8-22)23-9-13-27-20(16-23)6-14-29(34-27)37-2/h5-14,16-19,36H,3-4,15H2,1-2H3. The highest BCUT2D eigenvalue weighted by atomic mass is 35.5. The van der Waals surface area contributed by atoms with Gasteiger partial charge in [0.1, 0.15) is 5.60 Å². The molecule has 0 spiro atoms. The Labute approximate surface area is 226 Å². The summed E-state index contributed by atoms with van der Waals surface area (Å²) in [5, 5.41) is 14.4. The third kappa shape index (κ3) is 4.82. The van der Waals surface area contributed by atoms with Crippen LogP contribution < -0.4 is 4.74 Å². The second-order valence-electron chi connectivity index (χ2n) is 9.00. The minimum Gasteiger partial charge on any atom is -0.481 e. The van der Waals surface area contributed by atoms with Gasteiger partial charge in [0.2, 0.25) is 5.88 Å². The highest BCUT2D eigenvalue weighted by Gasteiger charge is 2.36. The van der Waals surface area contributed by atoms with Gasteiger partial charge in [-0.2, -0.15) is 0 Å². The fourth-order valence-corrected chi connectivity index (χ4v) is 5.09. The first kappa shape index (κ1) is 25.3. The number of methoxy groups -OCH3 is 1. The van der Waals surface area contributed by atoms with E-state index in [0.29, 0.717) is 32.6 Å². The Morgan fingerprint density at radius 2 is 1.73 bits per heavy atom. The summed E-state index contributed by atoms with van der Waals surface area (Å²) in [7, 11) is 1.59. The molecule has 0 fully saturated rings. The van der Waals surface area contributed by atoms with E-state index in [1.807, 2.05) is 67.1 Å². The lowest BCUT2D eigenvalue weighted by Gasteiger charge is -2.31. The van der Waals surface area contributed by atoms with E-state index in [2.05, 4.69) is 21.5 Å². The van der Waals surface area contributed by atoms with Crippen molar-refractivity contribution in [2.75, 3.05) is 7.11 Å². The number of halogens is 2. The molecular formula is C30H27Cl2N3O2. The second kappa shape index (κ2) is 10.5. The van der Waals surface area contributed by atoms with Crippen LogP contribution in [0, 0.1) is 0 Å². The molecule has 5 nitrogen and oxygen atoms in total. The molecule has 1 atom stereocenters. The van der Waals surface area contributed by atoms with Gasteiger partial charge in [-0.3, -0.25) is 0 Å². The second-order valence-corrected chi connectivity index (χ2v) is 9.84. The Morgan fingerprint density at radius 1 is 0.946 bits per heavy atom. The largest absolute Gasteiger partial charge is 0.481 e. The average molecular weight is 532 g/mol. The van der Waals surface area contributed by atoms with Gasteiger partial charge in [0.05, 0.1) is 30.8 Å². The Balaban J connectivity index is 1.65. The molecule has 0 saturated heterocycles. The summed E-state index contributed by atoms with van der Waals surface area (Å²) in [6.07, 6.45) is 5.85. The van der Waals surface area contributed by atoms with Crippen molar-refractivity contribution < 1.29 is 9.84 Å². The van der Waals surface area contributed by atoms with Crippen LogP contribution in [0.4, 0.5) is 0 Å². The van der Waals surface area contributed by atoms with E-state index in [1.54, 1.807) is 25.3 Å². The lowest BCUT2D eigenvalue weighted by molar-refractivity contribution is 0.126. The molecule has 188 valence electrons. The highest BCUT2D eigenvalue weighted by molar-refractivity contribution is 6.32. The van der Waals surface area contributed by atoms with Crippen molar-refractivity contribution in [3.05, 3.63) is 112 Å². The first-order valence-corrected chi connectivity index (χ1v) is 12.9. The predicted molar refractivity (Wildman–Crippen MR) is 149 cm³/mol. The summed E-state index contributed by atoms with van der Waals surface area (Å²) in [5.41, 5.74) is 3.05. The minimum atomic E-state index is -1.53. The topological polar surface area (TPSA) is 60.2 Å². The SMILES string of the molecule is CCCCn1cncc1-c1ccc(C(O)(c2ccc(Cl)cc2)c2ccc3nc(OC)ccc3c2)c(Cl)c1. The number of rotatable bonds is 8. The normalized spacial score (nSPS) is 13.0. The van der Waals surface area contributed by atoms with Crippen LogP contribution in [0.15, 0.2) is 85.3 Å². The van der Waals surface area contributed by atoms with Crippen molar-refractivity contribution in [3.8, 4) is 17.1 Å². The molecule has 0 bridgehead atoms. The number of unbranched alkanes of at least 4 members (excludes halogenated alkanes) is 1. The zero-order valence-corrected chi connectivity index (χ0v) is 22.2.